The van der Waals surface area contributed by atoms with Gasteiger partial charge >= 0.3 is 0 Å². The Kier molecular flexibility index (Phi) is 5.10. The molecule has 0 radical (unpaired) electrons. The fraction of sp³-hybridized carbons (Fsp3) is 0.500. The Hall–Kier alpha value is -2.15. The maximum absolute atomic E-state index is 12.1. The first-order chi connectivity index (χ1) is 10.1. The zero-order chi connectivity index (χ0) is 15.2. The van der Waals surface area contributed by atoms with Crippen LogP contribution >= 0.6 is 0 Å². The molecule has 1 aromatic rings. The van der Waals surface area contributed by atoms with Crippen LogP contribution in [0.25, 0.3) is 0 Å². The van der Waals surface area contributed by atoms with Gasteiger partial charge in [0.1, 0.15) is 5.69 Å². The summed E-state index contributed by atoms with van der Waals surface area (Å²) in [7, 11) is 0. The second-order valence-corrected chi connectivity index (χ2v) is 5.09. The van der Waals surface area contributed by atoms with Crippen molar-refractivity contribution < 1.29 is 9.72 Å². The minimum absolute atomic E-state index is 0.0282. The number of nitrogens with zero attached hydrogens (tertiary/aromatic N) is 2. The van der Waals surface area contributed by atoms with Crippen LogP contribution in [0.15, 0.2) is 24.3 Å². The summed E-state index contributed by atoms with van der Waals surface area (Å²) in [6.45, 7) is 4.74. The molecule has 114 valence electrons. The van der Waals surface area contributed by atoms with Crippen molar-refractivity contribution in [1.29, 1.82) is 0 Å². The van der Waals surface area contributed by atoms with Crippen LogP contribution in [0, 0.1) is 10.1 Å². The summed E-state index contributed by atoms with van der Waals surface area (Å²) in [6, 6.07) is 6.64. The molecule has 2 rings (SSSR count). The quantitative estimate of drug-likeness (QED) is 0.629. The number of para-hydroxylation sites is 2. The van der Waals surface area contributed by atoms with E-state index in [0.29, 0.717) is 25.2 Å². The van der Waals surface area contributed by atoms with E-state index in [4.69, 9.17) is 0 Å². The number of rotatable bonds is 5. The maximum atomic E-state index is 12.1. The standard InChI is InChI=1S/C14H20N4O3/c1-11-10-15-8-9-17(11)14(19)6-7-16-12-4-2-3-5-13(12)18(20)21/h2-5,11,15-16H,6-10H2,1H3. The van der Waals surface area contributed by atoms with Crippen molar-refractivity contribution in [1.82, 2.24) is 10.2 Å². The molecule has 7 nitrogen and oxygen atoms in total. The summed E-state index contributed by atoms with van der Waals surface area (Å²) in [4.78, 5) is 24.5. The number of hydrogen-bond donors (Lipinski definition) is 2. The van der Waals surface area contributed by atoms with E-state index in [0.717, 1.165) is 13.1 Å². The van der Waals surface area contributed by atoms with Gasteiger partial charge in [0.25, 0.3) is 5.69 Å². The van der Waals surface area contributed by atoms with Crippen LogP contribution in [0.2, 0.25) is 0 Å². The Morgan fingerprint density at radius 3 is 3.00 bits per heavy atom. The van der Waals surface area contributed by atoms with Crippen LogP contribution < -0.4 is 10.6 Å². The first-order valence-corrected chi connectivity index (χ1v) is 7.07. The normalized spacial score (nSPS) is 18.3. The summed E-state index contributed by atoms with van der Waals surface area (Å²) in [5.41, 5.74) is 0.476. The zero-order valence-corrected chi connectivity index (χ0v) is 12.0. The summed E-state index contributed by atoms with van der Waals surface area (Å²) in [6.07, 6.45) is 0.330. The number of nitro benzene ring substituents is 1. The van der Waals surface area contributed by atoms with Crippen molar-refractivity contribution in [3.63, 3.8) is 0 Å². The second-order valence-electron chi connectivity index (χ2n) is 5.09. The summed E-state index contributed by atoms with van der Waals surface area (Å²) >= 11 is 0. The van der Waals surface area contributed by atoms with Crippen LogP contribution in [0.5, 0.6) is 0 Å². The van der Waals surface area contributed by atoms with E-state index in [9.17, 15) is 14.9 Å². The molecule has 1 aliphatic rings. The average Bonchev–Trinajstić information content (AvgIpc) is 2.48. The topological polar surface area (TPSA) is 87.5 Å². The number of carbonyl (C=O) groups is 1. The number of anilines is 1. The molecule has 0 saturated carbocycles. The highest BCUT2D eigenvalue weighted by molar-refractivity contribution is 5.77. The lowest BCUT2D eigenvalue weighted by atomic mass is 10.2. The van der Waals surface area contributed by atoms with E-state index < -0.39 is 4.92 Å². The van der Waals surface area contributed by atoms with Crippen LogP contribution in [-0.4, -0.2) is 48.0 Å². The fourth-order valence-electron chi connectivity index (χ4n) is 2.44. The summed E-state index contributed by atoms with van der Waals surface area (Å²) in [5, 5.41) is 17.1. The lowest BCUT2D eigenvalue weighted by Gasteiger charge is -2.34. The van der Waals surface area contributed by atoms with Crippen molar-refractivity contribution in [2.45, 2.75) is 19.4 Å². The molecule has 1 fully saturated rings. The van der Waals surface area contributed by atoms with Crippen molar-refractivity contribution in [2.75, 3.05) is 31.5 Å². The molecular weight excluding hydrogens is 272 g/mol. The second kappa shape index (κ2) is 7.03. The smallest absolute Gasteiger partial charge is 0.292 e. The van der Waals surface area contributed by atoms with Gasteiger partial charge in [0.15, 0.2) is 0 Å². The molecule has 1 heterocycles. The lowest BCUT2D eigenvalue weighted by Crippen LogP contribution is -2.52. The van der Waals surface area contributed by atoms with Crippen LogP contribution in [-0.2, 0) is 4.79 Å². The average molecular weight is 292 g/mol. The Balaban J connectivity index is 1.87. The number of piperazine rings is 1. The molecule has 1 atom stereocenters. The molecule has 1 aromatic carbocycles. The molecule has 7 heteroatoms. The molecule has 1 amide bonds. The van der Waals surface area contributed by atoms with E-state index in [1.807, 2.05) is 11.8 Å². The van der Waals surface area contributed by atoms with E-state index in [1.54, 1.807) is 18.2 Å². The highest BCUT2D eigenvalue weighted by Gasteiger charge is 2.22. The van der Waals surface area contributed by atoms with Gasteiger partial charge in [-0.2, -0.15) is 0 Å². The minimum Gasteiger partial charge on any atom is -0.379 e. The third-order valence-corrected chi connectivity index (χ3v) is 3.58. The van der Waals surface area contributed by atoms with Gasteiger partial charge in [0.2, 0.25) is 5.91 Å². The number of hydrogen-bond acceptors (Lipinski definition) is 5. The third kappa shape index (κ3) is 3.91. The lowest BCUT2D eigenvalue weighted by molar-refractivity contribution is -0.384. The fourth-order valence-corrected chi connectivity index (χ4v) is 2.44. The molecular formula is C14H20N4O3. The Morgan fingerprint density at radius 2 is 2.29 bits per heavy atom. The molecule has 2 N–H and O–H groups in total. The van der Waals surface area contributed by atoms with E-state index in [2.05, 4.69) is 10.6 Å². The first-order valence-electron chi connectivity index (χ1n) is 7.07. The molecule has 0 aromatic heterocycles. The van der Waals surface area contributed by atoms with E-state index in [-0.39, 0.29) is 17.6 Å². The van der Waals surface area contributed by atoms with Gasteiger partial charge in [-0.3, -0.25) is 14.9 Å². The highest BCUT2D eigenvalue weighted by atomic mass is 16.6. The Bertz CT molecular complexity index is 521. The number of nitrogens with one attached hydrogen (secondary N) is 2. The molecule has 1 saturated heterocycles. The molecule has 1 aliphatic heterocycles. The number of nitro groups is 1. The van der Waals surface area contributed by atoms with E-state index in [1.165, 1.54) is 6.07 Å². The Morgan fingerprint density at radius 1 is 1.52 bits per heavy atom. The van der Waals surface area contributed by atoms with E-state index >= 15 is 0 Å². The van der Waals surface area contributed by atoms with Crippen molar-refractivity contribution in [3.8, 4) is 0 Å². The largest absolute Gasteiger partial charge is 0.379 e. The minimum atomic E-state index is -0.428. The number of amides is 1. The number of carbonyl (C=O) groups excluding carboxylic acids is 1. The van der Waals surface area contributed by atoms with Gasteiger partial charge in [-0.25, -0.2) is 0 Å². The molecule has 0 spiro atoms. The van der Waals surface area contributed by atoms with Crippen molar-refractivity contribution in [3.05, 3.63) is 34.4 Å². The van der Waals surface area contributed by atoms with Gasteiger partial charge < -0.3 is 15.5 Å². The van der Waals surface area contributed by atoms with Gasteiger partial charge in [0, 0.05) is 44.7 Å². The zero-order valence-electron chi connectivity index (χ0n) is 12.0. The predicted octanol–water partition coefficient (Wildman–Crippen LogP) is 1.22. The van der Waals surface area contributed by atoms with Crippen molar-refractivity contribution >= 4 is 17.3 Å². The monoisotopic (exact) mass is 292 g/mol. The van der Waals surface area contributed by atoms with Crippen LogP contribution in [0.3, 0.4) is 0 Å². The summed E-state index contributed by atoms with van der Waals surface area (Å²) < 4.78 is 0. The van der Waals surface area contributed by atoms with Gasteiger partial charge in [-0.05, 0) is 13.0 Å². The van der Waals surface area contributed by atoms with Gasteiger partial charge in [-0.1, -0.05) is 12.1 Å². The first kappa shape index (κ1) is 15.2. The number of benzene rings is 1. The molecule has 0 aliphatic carbocycles. The molecule has 21 heavy (non-hydrogen) atoms. The highest BCUT2D eigenvalue weighted by Crippen LogP contribution is 2.22. The molecule has 1 unspecified atom stereocenters. The van der Waals surface area contributed by atoms with Gasteiger partial charge in [-0.15, -0.1) is 0 Å². The van der Waals surface area contributed by atoms with Crippen LogP contribution in [0.1, 0.15) is 13.3 Å². The Labute approximate surface area is 123 Å². The third-order valence-electron chi connectivity index (χ3n) is 3.58. The van der Waals surface area contributed by atoms with Crippen molar-refractivity contribution in [2.24, 2.45) is 0 Å². The molecule has 0 bridgehead atoms. The SMILES string of the molecule is CC1CNCCN1C(=O)CCNc1ccccc1[N+](=O)[O-]. The van der Waals surface area contributed by atoms with Crippen LogP contribution in [0.4, 0.5) is 11.4 Å². The van der Waals surface area contributed by atoms with Gasteiger partial charge in [0.05, 0.1) is 4.92 Å². The summed E-state index contributed by atoms with van der Waals surface area (Å²) in [5.74, 6) is 0.0788. The maximum Gasteiger partial charge on any atom is 0.292 e. The predicted molar refractivity (Wildman–Crippen MR) is 80.2 cm³/mol.